The van der Waals surface area contributed by atoms with Gasteiger partial charge in [0, 0.05) is 25.9 Å². The highest BCUT2D eigenvalue weighted by Gasteiger charge is 2.30. The van der Waals surface area contributed by atoms with Gasteiger partial charge in [0.05, 0.1) is 12.6 Å². The zero-order valence-electron chi connectivity index (χ0n) is 14.6. The molecule has 2 aromatic carbocycles. The van der Waals surface area contributed by atoms with Crippen molar-refractivity contribution in [3.8, 4) is 0 Å². The molecule has 2 unspecified atom stereocenters. The Hall–Kier alpha value is -2.28. The molecular weight excluding hydrogens is 314 g/mol. The van der Waals surface area contributed by atoms with Gasteiger partial charge >= 0.3 is 0 Å². The number of nitrogens with one attached hydrogen (secondary N) is 2. The SMILES string of the molecule is Cc1nnc(CN(C)CC2CNNC2c2cccc3ccccc23)o1. The summed E-state index contributed by atoms with van der Waals surface area (Å²) in [6, 6.07) is 15.4. The predicted molar refractivity (Wildman–Crippen MR) is 96.7 cm³/mol. The Kier molecular flexibility index (Phi) is 4.48. The molecule has 1 aromatic heterocycles. The average Bonchev–Trinajstić information content (AvgIpc) is 3.23. The molecule has 130 valence electrons. The van der Waals surface area contributed by atoms with Crippen molar-refractivity contribution in [1.82, 2.24) is 25.9 Å². The van der Waals surface area contributed by atoms with Gasteiger partial charge in [-0.2, -0.15) is 0 Å². The molecular formula is C19H23N5O. The second-order valence-corrected chi connectivity index (χ2v) is 6.74. The van der Waals surface area contributed by atoms with Crippen molar-refractivity contribution in [2.24, 2.45) is 5.92 Å². The van der Waals surface area contributed by atoms with Crippen LogP contribution in [0.5, 0.6) is 0 Å². The van der Waals surface area contributed by atoms with E-state index in [4.69, 9.17) is 4.42 Å². The Morgan fingerprint density at radius 3 is 2.84 bits per heavy atom. The monoisotopic (exact) mass is 337 g/mol. The van der Waals surface area contributed by atoms with Gasteiger partial charge in [-0.05, 0) is 23.4 Å². The molecule has 1 saturated heterocycles. The first-order valence-electron chi connectivity index (χ1n) is 8.64. The van der Waals surface area contributed by atoms with Crippen LogP contribution in [0, 0.1) is 12.8 Å². The van der Waals surface area contributed by atoms with E-state index in [1.807, 2.05) is 6.92 Å². The molecule has 6 nitrogen and oxygen atoms in total. The Morgan fingerprint density at radius 1 is 1.16 bits per heavy atom. The van der Waals surface area contributed by atoms with Gasteiger partial charge in [-0.1, -0.05) is 42.5 Å². The quantitative estimate of drug-likeness (QED) is 0.745. The second-order valence-electron chi connectivity index (χ2n) is 6.74. The smallest absolute Gasteiger partial charge is 0.230 e. The molecule has 0 aliphatic carbocycles. The fourth-order valence-corrected chi connectivity index (χ4v) is 3.66. The molecule has 6 heteroatoms. The van der Waals surface area contributed by atoms with Crippen LogP contribution >= 0.6 is 0 Å². The number of benzene rings is 2. The van der Waals surface area contributed by atoms with E-state index in [-0.39, 0.29) is 6.04 Å². The molecule has 2 N–H and O–H groups in total. The molecule has 4 rings (SSSR count). The number of hydrogen-bond acceptors (Lipinski definition) is 6. The van der Waals surface area contributed by atoms with Gasteiger partial charge in [-0.3, -0.25) is 10.3 Å². The lowest BCUT2D eigenvalue weighted by atomic mass is 9.91. The third kappa shape index (κ3) is 3.42. The highest BCUT2D eigenvalue weighted by molar-refractivity contribution is 5.86. The highest BCUT2D eigenvalue weighted by atomic mass is 16.4. The van der Waals surface area contributed by atoms with E-state index in [2.05, 4.69) is 75.5 Å². The van der Waals surface area contributed by atoms with Crippen LogP contribution in [-0.4, -0.2) is 35.2 Å². The normalized spacial score (nSPS) is 20.6. The van der Waals surface area contributed by atoms with Crippen molar-refractivity contribution in [3.63, 3.8) is 0 Å². The Balaban J connectivity index is 1.52. The Morgan fingerprint density at radius 2 is 2.00 bits per heavy atom. The van der Waals surface area contributed by atoms with Gasteiger partial charge in [0.1, 0.15) is 0 Å². The Labute approximate surface area is 147 Å². The average molecular weight is 337 g/mol. The maximum absolute atomic E-state index is 5.49. The van der Waals surface area contributed by atoms with Gasteiger partial charge in [-0.25, -0.2) is 5.43 Å². The van der Waals surface area contributed by atoms with Crippen molar-refractivity contribution in [2.45, 2.75) is 19.5 Å². The van der Waals surface area contributed by atoms with E-state index in [9.17, 15) is 0 Å². The third-order valence-corrected chi connectivity index (χ3v) is 4.77. The molecule has 2 atom stereocenters. The number of hydrazine groups is 1. The summed E-state index contributed by atoms with van der Waals surface area (Å²) in [6.07, 6.45) is 0. The van der Waals surface area contributed by atoms with E-state index in [1.54, 1.807) is 0 Å². The molecule has 0 amide bonds. The number of fused-ring (bicyclic) bond motifs is 1. The van der Waals surface area contributed by atoms with Crippen molar-refractivity contribution in [2.75, 3.05) is 20.1 Å². The number of aryl methyl sites for hydroxylation is 1. The van der Waals surface area contributed by atoms with E-state index < -0.39 is 0 Å². The van der Waals surface area contributed by atoms with Crippen LogP contribution in [0.4, 0.5) is 0 Å². The molecule has 0 bridgehead atoms. The summed E-state index contributed by atoms with van der Waals surface area (Å²) in [5.41, 5.74) is 8.13. The van der Waals surface area contributed by atoms with E-state index >= 15 is 0 Å². The summed E-state index contributed by atoms with van der Waals surface area (Å²) in [6.45, 7) is 4.36. The molecule has 25 heavy (non-hydrogen) atoms. The minimum Gasteiger partial charge on any atom is -0.424 e. The maximum atomic E-state index is 5.49. The van der Waals surface area contributed by atoms with Gasteiger partial charge < -0.3 is 4.42 Å². The van der Waals surface area contributed by atoms with E-state index in [1.165, 1.54) is 16.3 Å². The summed E-state index contributed by atoms with van der Waals surface area (Å²) in [5.74, 6) is 1.74. The van der Waals surface area contributed by atoms with Gasteiger partial charge in [0.2, 0.25) is 11.8 Å². The summed E-state index contributed by atoms with van der Waals surface area (Å²) in [7, 11) is 2.10. The van der Waals surface area contributed by atoms with Gasteiger partial charge in [-0.15, -0.1) is 10.2 Å². The van der Waals surface area contributed by atoms with Crippen LogP contribution in [0.3, 0.4) is 0 Å². The number of nitrogens with zero attached hydrogens (tertiary/aromatic N) is 3. The van der Waals surface area contributed by atoms with Crippen LogP contribution in [0.25, 0.3) is 10.8 Å². The van der Waals surface area contributed by atoms with Crippen molar-refractivity contribution < 1.29 is 4.42 Å². The first-order chi connectivity index (χ1) is 12.2. The van der Waals surface area contributed by atoms with Crippen molar-refractivity contribution >= 4 is 10.8 Å². The minimum absolute atomic E-state index is 0.276. The van der Waals surface area contributed by atoms with Crippen molar-refractivity contribution in [1.29, 1.82) is 0 Å². The summed E-state index contributed by atoms with van der Waals surface area (Å²) in [4.78, 5) is 2.24. The Bertz CT molecular complexity index is 856. The third-order valence-electron chi connectivity index (χ3n) is 4.77. The van der Waals surface area contributed by atoms with Crippen LogP contribution in [0.1, 0.15) is 23.4 Å². The van der Waals surface area contributed by atoms with Crippen LogP contribution < -0.4 is 10.9 Å². The minimum atomic E-state index is 0.276. The fourth-order valence-electron chi connectivity index (χ4n) is 3.66. The van der Waals surface area contributed by atoms with Crippen LogP contribution in [0.15, 0.2) is 46.9 Å². The highest BCUT2D eigenvalue weighted by Crippen LogP contribution is 2.31. The lowest BCUT2D eigenvalue weighted by Crippen LogP contribution is -2.30. The van der Waals surface area contributed by atoms with Gasteiger partial charge in [0.25, 0.3) is 0 Å². The molecule has 2 heterocycles. The van der Waals surface area contributed by atoms with Gasteiger partial charge in [0.15, 0.2) is 0 Å². The van der Waals surface area contributed by atoms with Crippen LogP contribution in [0.2, 0.25) is 0 Å². The zero-order valence-corrected chi connectivity index (χ0v) is 14.6. The standard InChI is InChI=1S/C19H23N5O/c1-13-21-22-18(25-13)12-24(2)11-15-10-20-23-19(15)17-9-5-7-14-6-3-4-8-16(14)17/h3-9,15,19-20,23H,10-12H2,1-2H3. The zero-order chi connectivity index (χ0) is 17.2. The first kappa shape index (κ1) is 16.2. The predicted octanol–water partition coefficient (Wildman–Crippen LogP) is 2.43. The molecule has 3 aromatic rings. The molecule has 1 fully saturated rings. The van der Waals surface area contributed by atoms with Crippen molar-refractivity contribution in [3.05, 3.63) is 59.8 Å². The maximum Gasteiger partial charge on any atom is 0.230 e. The lowest BCUT2D eigenvalue weighted by Gasteiger charge is -2.24. The lowest BCUT2D eigenvalue weighted by molar-refractivity contribution is 0.239. The molecule has 1 aliphatic heterocycles. The molecule has 0 radical (unpaired) electrons. The second kappa shape index (κ2) is 6.92. The fraction of sp³-hybridized carbons (Fsp3) is 0.368. The van der Waals surface area contributed by atoms with E-state index in [0.29, 0.717) is 24.2 Å². The number of aromatic nitrogens is 2. The summed E-state index contributed by atoms with van der Waals surface area (Å²) in [5, 5.41) is 10.6. The summed E-state index contributed by atoms with van der Waals surface area (Å²) < 4.78 is 5.49. The van der Waals surface area contributed by atoms with Crippen LogP contribution in [-0.2, 0) is 6.54 Å². The molecule has 0 spiro atoms. The first-order valence-corrected chi connectivity index (χ1v) is 8.64. The largest absolute Gasteiger partial charge is 0.424 e. The molecule has 0 saturated carbocycles. The van der Waals surface area contributed by atoms with E-state index in [0.717, 1.165) is 13.1 Å². The number of hydrogen-bond donors (Lipinski definition) is 2. The topological polar surface area (TPSA) is 66.2 Å². The molecule has 1 aliphatic rings. The number of rotatable bonds is 5. The summed E-state index contributed by atoms with van der Waals surface area (Å²) >= 11 is 0.